The highest BCUT2D eigenvalue weighted by Gasteiger charge is 2.15. The zero-order valence-electron chi connectivity index (χ0n) is 6.19. The molecule has 0 aromatic carbocycles. The van der Waals surface area contributed by atoms with E-state index in [9.17, 15) is 4.57 Å². The lowest BCUT2D eigenvalue weighted by Gasteiger charge is -2.06. The number of allylic oxidation sites excluding steroid dienone is 1. The summed E-state index contributed by atoms with van der Waals surface area (Å²) in [7, 11) is -3.52. The molecule has 0 spiro atoms. The third-order valence-corrected chi connectivity index (χ3v) is 2.47. The summed E-state index contributed by atoms with van der Waals surface area (Å²) in [5, 5.41) is 0. The zero-order valence-corrected chi connectivity index (χ0v) is 8.60. The molecule has 0 heterocycles. The Bertz CT molecular complexity index is 215. The maximum absolute atomic E-state index is 11.0. The minimum Gasteiger partial charge on any atom is -0.324 e. The number of rotatable bonds is 5. The van der Waals surface area contributed by atoms with Crippen LogP contribution in [-0.2, 0) is 9.09 Å². The molecule has 0 amide bonds. The van der Waals surface area contributed by atoms with Crippen molar-refractivity contribution >= 4 is 30.8 Å². The fourth-order valence-electron chi connectivity index (χ4n) is 0.422. The third-order valence-electron chi connectivity index (χ3n) is 0.887. The smallest absolute Gasteiger partial charge is 0.324 e. The molecule has 1 N–H and O–H groups in total. The van der Waals surface area contributed by atoms with Crippen LogP contribution in [0.4, 0.5) is 0 Å². The van der Waals surface area contributed by atoms with E-state index < -0.39 is 7.60 Å². The lowest BCUT2D eigenvalue weighted by atomic mass is 10.7. The van der Waals surface area contributed by atoms with E-state index in [1.54, 1.807) is 0 Å². The standard InChI is InChI=1S/C6H9Cl2O3P/c7-3-1-5-11-12(9,10)6-2-4-8/h1-4H,5-6H2,(H,9,10). The van der Waals surface area contributed by atoms with Crippen molar-refractivity contribution in [3.05, 3.63) is 23.2 Å². The Morgan fingerprint density at radius 1 is 1.33 bits per heavy atom. The quantitative estimate of drug-likeness (QED) is 0.739. The highest BCUT2D eigenvalue weighted by molar-refractivity contribution is 7.53. The summed E-state index contributed by atoms with van der Waals surface area (Å²) < 4.78 is 15.6. The fraction of sp³-hybridized carbons (Fsp3) is 0.333. The average Bonchev–Trinajstić information content (AvgIpc) is 2.01. The van der Waals surface area contributed by atoms with Crippen LogP contribution in [-0.4, -0.2) is 17.7 Å². The van der Waals surface area contributed by atoms with Gasteiger partial charge in [0, 0.05) is 11.1 Å². The Labute approximate surface area is 81.2 Å². The molecular weight excluding hydrogens is 222 g/mol. The molecule has 0 fully saturated rings. The monoisotopic (exact) mass is 230 g/mol. The van der Waals surface area contributed by atoms with Crippen LogP contribution in [0, 0.1) is 0 Å². The van der Waals surface area contributed by atoms with Crippen LogP contribution in [0.15, 0.2) is 23.2 Å². The minimum atomic E-state index is -3.52. The first-order valence-corrected chi connectivity index (χ1v) is 5.73. The SMILES string of the molecule is O=P(O)(CC=CCl)OCC=CCl. The third kappa shape index (κ3) is 6.89. The Hall–Kier alpha value is 0.210. The molecule has 3 nitrogen and oxygen atoms in total. The van der Waals surface area contributed by atoms with Crippen LogP contribution < -0.4 is 0 Å². The van der Waals surface area contributed by atoms with Crippen molar-refractivity contribution < 1.29 is 14.0 Å². The molecule has 1 unspecified atom stereocenters. The normalized spacial score (nSPS) is 17.2. The van der Waals surface area contributed by atoms with Gasteiger partial charge in [-0.05, 0) is 6.08 Å². The van der Waals surface area contributed by atoms with Crippen molar-refractivity contribution in [3.8, 4) is 0 Å². The number of halogens is 2. The van der Waals surface area contributed by atoms with Crippen molar-refractivity contribution in [1.29, 1.82) is 0 Å². The van der Waals surface area contributed by atoms with Gasteiger partial charge in [0.05, 0.1) is 12.8 Å². The summed E-state index contributed by atoms with van der Waals surface area (Å²) in [6.45, 7) is 0.0212. The Balaban J connectivity index is 3.79. The van der Waals surface area contributed by atoms with Crippen molar-refractivity contribution in [3.63, 3.8) is 0 Å². The number of hydrogen-bond donors (Lipinski definition) is 1. The van der Waals surface area contributed by atoms with Gasteiger partial charge >= 0.3 is 7.60 Å². The molecule has 0 radical (unpaired) electrons. The van der Waals surface area contributed by atoms with Crippen molar-refractivity contribution in [2.45, 2.75) is 0 Å². The van der Waals surface area contributed by atoms with Gasteiger partial charge in [0.1, 0.15) is 0 Å². The van der Waals surface area contributed by atoms with E-state index in [0.29, 0.717) is 0 Å². The van der Waals surface area contributed by atoms with E-state index in [0.717, 1.165) is 0 Å². The van der Waals surface area contributed by atoms with Gasteiger partial charge in [0.15, 0.2) is 0 Å². The second-order valence-corrected chi connectivity index (χ2v) is 4.24. The minimum absolute atomic E-state index is 0.0212. The summed E-state index contributed by atoms with van der Waals surface area (Å²) in [6.07, 6.45) is 2.69. The summed E-state index contributed by atoms with van der Waals surface area (Å²) in [5.74, 6) is 0. The average molecular weight is 231 g/mol. The van der Waals surface area contributed by atoms with Crippen LogP contribution in [0.1, 0.15) is 0 Å². The molecule has 0 aliphatic heterocycles. The molecule has 0 saturated heterocycles. The van der Waals surface area contributed by atoms with Gasteiger partial charge in [-0.3, -0.25) is 4.57 Å². The lowest BCUT2D eigenvalue weighted by Crippen LogP contribution is -1.92. The van der Waals surface area contributed by atoms with Gasteiger partial charge in [-0.25, -0.2) is 0 Å². The van der Waals surface area contributed by atoms with E-state index in [4.69, 9.17) is 28.1 Å². The molecule has 0 rings (SSSR count). The summed E-state index contributed by atoms with van der Waals surface area (Å²) in [5.41, 5.74) is 2.39. The van der Waals surface area contributed by atoms with Crippen LogP contribution in [0.25, 0.3) is 0 Å². The first kappa shape index (κ1) is 12.2. The summed E-state index contributed by atoms with van der Waals surface area (Å²) in [6, 6.07) is 0. The first-order valence-electron chi connectivity index (χ1n) is 3.09. The van der Waals surface area contributed by atoms with Gasteiger partial charge in [0.2, 0.25) is 0 Å². The van der Waals surface area contributed by atoms with Gasteiger partial charge < -0.3 is 9.42 Å². The van der Waals surface area contributed by atoms with Crippen LogP contribution in [0.2, 0.25) is 0 Å². The predicted octanol–water partition coefficient (Wildman–Crippen LogP) is 2.69. The molecule has 1 atom stereocenters. The zero-order chi connectivity index (χ0) is 9.45. The van der Waals surface area contributed by atoms with Gasteiger partial charge in [-0.1, -0.05) is 29.3 Å². The molecule has 70 valence electrons. The van der Waals surface area contributed by atoms with E-state index in [1.807, 2.05) is 0 Å². The van der Waals surface area contributed by atoms with E-state index in [-0.39, 0.29) is 12.8 Å². The van der Waals surface area contributed by atoms with Gasteiger partial charge in [0.25, 0.3) is 0 Å². The predicted molar refractivity (Wildman–Crippen MR) is 50.6 cm³/mol. The Kier molecular flexibility index (Phi) is 6.81. The topological polar surface area (TPSA) is 46.5 Å². The van der Waals surface area contributed by atoms with Gasteiger partial charge in [-0.15, -0.1) is 0 Å². The van der Waals surface area contributed by atoms with Crippen LogP contribution in [0.3, 0.4) is 0 Å². The van der Waals surface area contributed by atoms with Crippen LogP contribution in [0.5, 0.6) is 0 Å². The molecule has 0 saturated carbocycles. The molecule has 0 aromatic rings. The van der Waals surface area contributed by atoms with Crippen molar-refractivity contribution in [2.75, 3.05) is 12.8 Å². The van der Waals surface area contributed by atoms with Crippen molar-refractivity contribution in [2.24, 2.45) is 0 Å². The maximum Gasteiger partial charge on any atom is 0.332 e. The van der Waals surface area contributed by atoms with Crippen LogP contribution >= 0.6 is 30.8 Å². The first-order chi connectivity index (χ1) is 5.62. The van der Waals surface area contributed by atoms with E-state index >= 15 is 0 Å². The molecule has 0 aliphatic carbocycles. The Morgan fingerprint density at radius 3 is 2.42 bits per heavy atom. The van der Waals surface area contributed by atoms with E-state index in [1.165, 1.54) is 23.2 Å². The van der Waals surface area contributed by atoms with Crippen molar-refractivity contribution in [1.82, 2.24) is 0 Å². The fourth-order valence-corrected chi connectivity index (χ4v) is 1.50. The summed E-state index contributed by atoms with van der Waals surface area (Å²) >= 11 is 10.3. The largest absolute Gasteiger partial charge is 0.332 e. The molecule has 0 aromatic heterocycles. The van der Waals surface area contributed by atoms with Gasteiger partial charge in [-0.2, -0.15) is 0 Å². The molecule has 0 bridgehead atoms. The highest BCUT2D eigenvalue weighted by Crippen LogP contribution is 2.41. The molecule has 12 heavy (non-hydrogen) atoms. The molecule has 6 heteroatoms. The second kappa shape index (κ2) is 6.70. The molecular formula is C6H9Cl2O3P. The Morgan fingerprint density at radius 2 is 1.92 bits per heavy atom. The lowest BCUT2D eigenvalue weighted by molar-refractivity contribution is 0.290. The second-order valence-electron chi connectivity index (χ2n) is 1.84. The molecule has 0 aliphatic rings. The summed E-state index contributed by atoms with van der Waals surface area (Å²) in [4.78, 5) is 9.02. The number of hydrogen-bond acceptors (Lipinski definition) is 2. The highest BCUT2D eigenvalue weighted by atomic mass is 35.5. The maximum atomic E-state index is 11.0. The van der Waals surface area contributed by atoms with E-state index in [2.05, 4.69) is 4.52 Å².